The van der Waals surface area contributed by atoms with Crippen LogP contribution in [0.4, 0.5) is 0 Å². The number of benzene rings is 2. The monoisotopic (exact) mass is 339 g/mol. The average Bonchev–Trinajstić information content (AvgIpc) is 2.64. The second kappa shape index (κ2) is 9.62. The smallest absolute Gasteiger partial charge is 0.303 e. The third-order valence-corrected chi connectivity index (χ3v) is 4.34. The van der Waals surface area contributed by atoms with E-state index >= 15 is 0 Å². The molecule has 0 aliphatic heterocycles. The fourth-order valence-corrected chi connectivity index (χ4v) is 2.89. The fourth-order valence-electron chi connectivity index (χ4n) is 2.89. The van der Waals surface area contributed by atoms with Gasteiger partial charge in [-0.3, -0.25) is 9.59 Å². The molecule has 1 amide bonds. The first-order chi connectivity index (χ1) is 12.1. The van der Waals surface area contributed by atoms with E-state index in [2.05, 4.69) is 12.1 Å². The SMILES string of the molecule is CN(CCc1ccccc1)C(=O)C(CCCC(=O)O)c1ccccc1. The molecule has 0 radical (unpaired) electrons. The molecule has 2 rings (SSSR count). The highest BCUT2D eigenvalue weighted by Crippen LogP contribution is 2.24. The molecule has 0 saturated carbocycles. The summed E-state index contributed by atoms with van der Waals surface area (Å²) >= 11 is 0. The Bertz CT molecular complexity index is 670. The number of carbonyl (C=O) groups is 2. The lowest BCUT2D eigenvalue weighted by atomic mass is 9.92. The van der Waals surface area contributed by atoms with Crippen molar-refractivity contribution in [2.24, 2.45) is 0 Å². The number of hydrogen-bond acceptors (Lipinski definition) is 2. The van der Waals surface area contributed by atoms with Gasteiger partial charge in [-0.15, -0.1) is 0 Å². The minimum atomic E-state index is -0.823. The van der Waals surface area contributed by atoms with Crippen LogP contribution in [-0.2, 0) is 16.0 Å². The van der Waals surface area contributed by atoms with Crippen LogP contribution in [0.1, 0.15) is 36.3 Å². The third kappa shape index (κ3) is 6.07. The molecule has 0 aliphatic carbocycles. The number of likely N-dealkylation sites (N-methyl/N-ethyl adjacent to an activating group) is 1. The maximum atomic E-state index is 12.9. The Kier molecular flexibility index (Phi) is 7.20. The fraction of sp³-hybridized carbons (Fsp3) is 0.333. The molecule has 0 saturated heterocycles. The Morgan fingerprint density at radius 1 is 1.00 bits per heavy atom. The normalized spacial score (nSPS) is 11.7. The lowest BCUT2D eigenvalue weighted by Crippen LogP contribution is -2.33. The van der Waals surface area contributed by atoms with Crippen molar-refractivity contribution in [3.05, 3.63) is 71.8 Å². The first-order valence-electron chi connectivity index (χ1n) is 8.63. The average molecular weight is 339 g/mol. The summed E-state index contributed by atoms with van der Waals surface area (Å²) < 4.78 is 0. The predicted octanol–water partition coefficient (Wildman–Crippen LogP) is 3.73. The van der Waals surface area contributed by atoms with Crippen LogP contribution >= 0.6 is 0 Å². The minimum Gasteiger partial charge on any atom is -0.481 e. The number of carbonyl (C=O) groups excluding carboxylic acids is 1. The highest BCUT2D eigenvalue weighted by Gasteiger charge is 2.23. The van der Waals surface area contributed by atoms with Crippen LogP contribution in [0.25, 0.3) is 0 Å². The van der Waals surface area contributed by atoms with Crippen molar-refractivity contribution >= 4 is 11.9 Å². The van der Waals surface area contributed by atoms with Gasteiger partial charge in [0.05, 0.1) is 5.92 Å². The Balaban J connectivity index is 2.01. The van der Waals surface area contributed by atoms with Gasteiger partial charge >= 0.3 is 5.97 Å². The first kappa shape index (κ1) is 18.7. The number of rotatable bonds is 9. The van der Waals surface area contributed by atoms with E-state index in [-0.39, 0.29) is 18.2 Å². The summed E-state index contributed by atoms with van der Waals surface area (Å²) in [6.45, 7) is 0.644. The van der Waals surface area contributed by atoms with E-state index in [9.17, 15) is 9.59 Å². The summed E-state index contributed by atoms with van der Waals surface area (Å²) in [7, 11) is 1.82. The van der Waals surface area contributed by atoms with E-state index in [0.29, 0.717) is 19.4 Å². The molecular formula is C21H25NO3. The van der Waals surface area contributed by atoms with E-state index < -0.39 is 5.97 Å². The van der Waals surface area contributed by atoms with Crippen LogP contribution in [-0.4, -0.2) is 35.5 Å². The molecule has 4 nitrogen and oxygen atoms in total. The molecule has 0 heterocycles. The lowest BCUT2D eigenvalue weighted by molar-refractivity contribution is -0.137. The topological polar surface area (TPSA) is 57.6 Å². The van der Waals surface area contributed by atoms with Crippen LogP contribution in [0.5, 0.6) is 0 Å². The number of hydrogen-bond donors (Lipinski definition) is 1. The van der Waals surface area contributed by atoms with E-state index in [1.807, 2.05) is 55.6 Å². The number of aliphatic carboxylic acids is 1. The molecule has 0 fully saturated rings. The molecular weight excluding hydrogens is 314 g/mol. The molecule has 2 aromatic rings. The highest BCUT2D eigenvalue weighted by molar-refractivity contribution is 5.83. The third-order valence-electron chi connectivity index (χ3n) is 4.34. The Hall–Kier alpha value is -2.62. The van der Waals surface area contributed by atoms with Gasteiger partial charge in [-0.2, -0.15) is 0 Å². The molecule has 0 spiro atoms. The van der Waals surface area contributed by atoms with Crippen molar-refractivity contribution in [2.75, 3.05) is 13.6 Å². The number of carboxylic acids is 1. The van der Waals surface area contributed by atoms with Crippen molar-refractivity contribution in [2.45, 2.75) is 31.6 Å². The summed E-state index contributed by atoms with van der Waals surface area (Å²) in [5, 5.41) is 8.86. The van der Waals surface area contributed by atoms with Crippen LogP contribution in [0, 0.1) is 0 Å². The van der Waals surface area contributed by atoms with Crippen LogP contribution in [0.2, 0.25) is 0 Å². The number of amides is 1. The number of nitrogens with zero attached hydrogens (tertiary/aromatic N) is 1. The molecule has 4 heteroatoms. The van der Waals surface area contributed by atoms with Gasteiger partial charge in [-0.1, -0.05) is 60.7 Å². The van der Waals surface area contributed by atoms with Gasteiger partial charge in [-0.25, -0.2) is 0 Å². The van der Waals surface area contributed by atoms with Gasteiger partial charge in [0.2, 0.25) is 5.91 Å². The number of carboxylic acid groups (broad SMARTS) is 1. The summed E-state index contributed by atoms with van der Waals surface area (Å²) in [4.78, 5) is 25.5. The summed E-state index contributed by atoms with van der Waals surface area (Å²) in [5.74, 6) is -1.06. The molecule has 0 aromatic heterocycles. The van der Waals surface area contributed by atoms with Gasteiger partial charge in [0.25, 0.3) is 0 Å². The van der Waals surface area contributed by atoms with E-state index in [4.69, 9.17) is 5.11 Å². The van der Waals surface area contributed by atoms with E-state index in [0.717, 1.165) is 12.0 Å². The van der Waals surface area contributed by atoms with Gasteiger partial charge in [0, 0.05) is 20.0 Å². The summed E-state index contributed by atoms with van der Waals surface area (Å²) in [6.07, 6.45) is 1.93. The zero-order valence-electron chi connectivity index (χ0n) is 14.6. The largest absolute Gasteiger partial charge is 0.481 e. The molecule has 25 heavy (non-hydrogen) atoms. The van der Waals surface area contributed by atoms with Gasteiger partial charge in [-0.05, 0) is 30.4 Å². The summed E-state index contributed by atoms with van der Waals surface area (Å²) in [5.41, 5.74) is 2.15. The van der Waals surface area contributed by atoms with Gasteiger partial charge in [0.15, 0.2) is 0 Å². The van der Waals surface area contributed by atoms with Crippen LogP contribution < -0.4 is 0 Å². The Morgan fingerprint density at radius 3 is 2.20 bits per heavy atom. The van der Waals surface area contributed by atoms with E-state index in [1.165, 1.54) is 5.56 Å². The predicted molar refractivity (Wildman–Crippen MR) is 98.5 cm³/mol. The minimum absolute atomic E-state index is 0.0486. The van der Waals surface area contributed by atoms with Crippen molar-refractivity contribution in [3.8, 4) is 0 Å². The molecule has 1 unspecified atom stereocenters. The van der Waals surface area contributed by atoms with Crippen molar-refractivity contribution in [1.82, 2.24) is 4.90 Å². The van der Waals surface area contributed by atoms with Crippen LogP contribution in [0.15, 0.2) is 60.7 Å². The van der Waals surface area contributed by atoms with E-state index in [1.54, 1.807) is 4.90 Å². The highest BCUT2D eigenvalue weighted by atomic mass is 16.4. The molecule has 1 N–H and O–H groups in total. The zero-order valence-corrected chi connectivity index (χ0v) is 14.6. The molecule has 1 atom stereocenters. The Morgan fingerprint density at radius 2 is 1.60 bits per heavy atom. The maximum Gasteiger partial charge on any atom is 0.303 e. The standard InChI is InChI=1S/C21H25NO3/c1-22(16-15-17-9-4-2-5-10-17)21(25)19(13-8-14-20(23)24)18-11-6-3-7-12-18/h2-7,9-12,19H,8,13-16H2,1H3,(H,23,24). The molecule has 0 aliphatic rings. The summed E-state index contributed by atoms with van der Waals surface area (Å²) in [6, 6.07) is 19.7. The molecule has 132 valence electrons. The Labute approximate surface area is 149 Å². The molecule has 2 aromatic carbocycles. The van der Waals surface area contributed by atoms with Crippen molar-refractivity contribution in [3.63, 3.8) is 0 Å². The van der Waals surface area contributed by atoms with Gasteiger partial charge < -0.3 is 10.0 Å². The van der Waals surface area contributed by atoms with Crippen LogP contribution in [0.3, 0.4) is 0 Å². The van der Waals surface area contributed by atoms with Crippen molar-refractivity contribution < 1.29 is 14.7 Å². The first-order valence-corrected chi connectivity index (χ1v) is 8.63. The van der Waals surface area contributed by atoms with Gasteiger partial charge in [0.1, 0.15) is 0 Å². The second-order valence-electron chi connectivity index (χ2n) is 6.24. The second-order valence-corrected chi connectivity index (χ2v) is 6.24. The lowest BCUT2D eigenvalue weighted by Gasteiger charge is -2.24. The zero-order chi connectivity index (χ0) is 18.1. The molecule has 0 bridgehead atoms. The maximum absolute atomic E-state index is 12.9. The quantitative estimate of drug-likeness (QED) is 0.757. The van der Waals surface area contributed by atoms with Crippen molar-refractivity contribution in [1.29, 1.82) is 0 Å².